The minimum atomic E-state index is 0.252. The third kappa shape index (κ3) is 1.39. The van der Waals surface area contributed by atoms with Crippen molar-refractivity contribution in [1.29, 1.82) is 0 Å². The smallest absolute Gasteiger partial charge is 0.0146 e. The fourth-order valence-corrected chi connectivity index (χ4v) is 2.45. The van der Waals surface area contributed by atoms with Crippen molar-refractivity contribution in [2.24, 2.45) is 5.41 Å². The molecular weight excluding hydrogens is 168 g/mol. The molecule has 74 valence electrons. The van der Waals surface area contributed by atoms with Crippen molar-refractivity contribution < 1.29 is 0 Å². The van der Waals surface area contributed by atoms with Crippen molar-refractivity contribution in [3.63, 3.8) is 0 Å². The van der Waals surface area contributed by atoms with Gasteiger partial charge in [-0.15, -0.1) is 0 Å². The van der Waals surface area contributed by atoms with E-state index in [1.54, 1.807) is 0 Å². The Hall–Kier alpha value is -1.04. The second kappa shape index (κ2) is 2.98. The summed E-state index contributed by atoms with van der Waals surface area (Å²) in [5.41, 5.74) is 6.03. The molecule has 1 unspecified atom stereocenters. The molecule has 0 saturated carbocycles. The highest BCUT2D eigenvalue weighted by molar-refractivity contribution is 5.50. The molecule has 0 radical (unpaired) electrons. The molecule has 2 aliphatic carbocycles. The molecule has 0 heterocycles. The molecule has 0 heteroatoms. The van der Waals surface area contributed by atoms with Gasteiger partial charge in [0, 0.05) is 5.41 Å². The summed E-state index contributed by atoms with van der Waals surface area (Å²) in [7, 11) is 0. The Labute approximate surface area is 86.7 Å². The van der Waals surface area contributed by atoms with Gasteiger partial charge in [0.05, 0.1) is 0 Å². The first kappa shape index (κ1) is 9.51. The van der Waals surface area contributed by atoms with Crippen LogP contribution in [-0.2, 0) is 0 Å². The molecule has 0 aromatic carbocycles. The standard InChI is InChI=1S/C14H18/c1-10-5-6-13-7-11(2)12(3)9-14(13,4)8-10/h5-7,9H,8H2,1-4H3. The van der Waals surface area contributed by atoms with E-state index in [1.165, 1.54) is 28.7 Å². The summed E-state index contributed by atoms with van der Waals surface area (Å²) in [6.45, 7) is 8.95. The number of hydrogen-bond donors (Lipinski definition) is 0. The first-order valence-corrected chi connectivity index (χ1v) is 5.27. The van der Waals surface area contributed by atoms with Gasteiger partial charge in [0.15, 0.2) is 0 Å². The Balaban J connectivity index is 2.50. The molecule has 0 saturated heterocycles. The molecule has 0 fully saturated rings. The van der Waals surface area contributed by atoms with Gasteiger partial charge in [-0.2, -0.15) is 0 Å². The molecule has 0 aliphatic heterocycles. The van der Waals surface area contributed by atoms with Crippen LogP contribution in [0.25, 0.3) is 0 Å². The minimum Gasteiger partial charge on any atom is -0.0721 e. The molecule has 0 nitrogen and oxygen atoms in total. The topological polar surface area (TPSA) is 0 Å². The number of allylic oxidation sites excluding steroid dienone is 8. The van der Waals surface area contributed by atoms with Crippen molar-refractivity contribution in [1.82, 2.24) is 0 Å². The summed E-state index contributed by atoms with van der Waals surface area (Å²) in [5.74, 6) is 0. The SMILES string of the molecule is CC1=CC=C2C=C(C)C(C)=CC2(C)C1. The summed E-state index contributed by atoms with van der Waals surface area (Å²) >= 11 is 0. The maximum absolute atomic E-state index is 2.42. The van der Waals surface area contributed by atoms with E-state index in [1.807, 2.05) is 0 Å². The van der Waals surface area contributed by atoms with Crippen LogP contribution in [0.2, 0.25) is 0 Å². The number of hydrogen-bond acceptors (Lipinski definition) is 0. The maximum atomic E-state index is 2.42. The van der Waals surface area contributed by atoms with E-state index in [0.29, 0.717) is 0 Å². The monoisotopic (exact) mass is 186 g/mol. The Kier molecular flexibility index (Phi) is 2.02. The summed E-state index contributed by atoms with van der Waals surface area (Å²) < 4.78 is 0. The van der Waals surface area contributed by atoms with E-state index in [-0.39, 0.29) is 5.41 Å². The average Bonchev–Trinajstić information content (AvgIpc) is 2.07. The zero-order chi connectivity index (χ0) is 10.3. The van der Waals surface area contributed by atoms with Crippen LogP contribution in [0.1, 0.15) is 34.1 Å². The lowest BCUT2D eigenvalue weighted by atomic mass is 9.69. The second-order valence-electron chi connectivity index (χ2n) is 4.88. The van der Waals surface area contributed by atoms with E-state index in [4.69, 9.17) is 0 Å². The van der Waals surface area contributed by atoms with Crippen molar-refractivity contribution in [2.45, 2.75) is 34.1 Å². The van der Waals surface area contributed by atoms with Crippen molar-refractivity contribution in [3.05, 3.63) is 46.6 Å². The fourth-order valence-electron chi connectivity index (χ4n) is 2.45. The van der Waals surface area contributed by atoms with Crippen LogP contribution >= 0.6 is 0 Å². The lowest BCUT2D eigenvalue weighted by molar-refractivity contribution is 0.505. The van der Waals surface area contributed by atoms with Gasteiger partial charge >= 0.3 is 0 Å². The summed E-state index contributed by atoms with van der Waals surface area (Å²) in [6, 6.07) is 0. The molecule has 0 aromatic heterocycles. The molecule has 0 amide bonds. The van der Waals surface area contributed by atoms with Gasteiger partial charge < -0.3 is 0 Å². The Bertz CT molecular complexity index is 388. The molecule has 14 heavy (non-hydrogen) atoms. The van der Waals surface area contributed by atoms with Gasteiger partial charge in [0.2, 0.25) is 0 Å². The van der Waals surface area contributed by atoms with Gasteiger partial charge in [0.1, 0.15) is 0 Å². The van der Waals surface area contributed by atoms with Crippen molar-refractivity contribution in [2.75, 3.05) is 0 Å². The van der Waals surface area contributed by atoms with Gasteiger partial charge in [-0.1, -0.05) is 42.4 Å². The first-order valence-electron chi connectivity index (χ1n) is 5.27. The molecule has 1 atom stereocenters. The van der Waals surface area contributed by atoms with Crippen LogP contribution in [0.5, 0.6) is 0 Å². The van der Waals surface area contributed by atoms with Crippen LogP contribution in [-0.4, -0.2) is 0 Å². The highest BCUT2D eigenvalue weighted by Crippen LogP contribution is 2.44. The summed E-state index contributed by atoms with van der Waals surface area (Å²) in [6.07, 6.45) is 10.4. The fraction of sp³-hybridized carbons (Fsp3) is 0.429. The predicted octanol–water partition coefficient (Wildman–Crippen LogP) is 4.18. The van der Waals surface area contributed by atoms with E-state index in [0.717, 1.165) is 0 Å². The van der Waals surface area contributed by atoms with Gasteiger partial charge in [0.25, 0.3) is 0 Å². The normalized spacial score (nSPS) is 31.1. The zero-order valence-electron chi connectivity index (χ0n) is 9.52. The summed E-state index contributed by atoms with van der Waals surface area (Å²) in [4.78, 5) is 0. The lowest BCUT2D eigenvalue weighted by Crippen LogP contribution is -2.21. The Morgan fingerprint density at radius 2 is 1.79 bits per heavy atom. The number of rotatable bonds is 0. The highest BCUT2D eigenvalue weighted by Gasteiger charge is 2.30. The quantitative estimate of drug-likeness (QED) is 0.532. The molecular formula is C14H18. The predicted molar refractivity (Wildman–Crippen MR) is 62.1 cm³/mol. The van der Waals surface area contributed by atoms with Crippen LogP contribution in [0.3, 0.4) is 0 Å². The second-order valence-corrected chi connectivity index (χ2v) is 4.88. The van der Waals surface area contributed by atoms with Gasteiger partial charge in [-0.05, 0) is 38.3 Å². The molecule has 0 bridgehead atoms. The third-order valence-electron chi connectivity index (χ3n) is 3.38. The maximum Gasteiger partial charge on any atom is 0.0146 e. The Morgan fingerprint density at radius 3 is 2.50 bits per heavy atom. The lowest BCUT2D eigenvalue weighted by Gasteiger charge is -2.35. The van der Waals surface area contributed by atoms with Crippen LogP contribution in [0.4, 0.5) is 0 Å². The molecule has 0 N–H and O–H groups in total. The third-order valence-corrected chi connectivity index (χ3v) is 3.38. The molecule has 2 aliphatic rings. The van der Waals surface area contributed by atoms with E-state index >= 15 is 0 Å². The Morgan fingerprint density at radius 1 is 1.07 bits per heavy atom. The average molecular weight is 186 g/mol. The van der Waals surface area contributed by atoms with E-state index in [2.05, 4.69) is 52.0 Å². The molecule has 0 aromatic rings. The molecule has 2 rings (SSSR count). The van der Waals surface area contributed by atoms with Gasteiger partial charge in [-0.3, -0.25) is 0 Å². The van der Waals surface area contributed by atoms with E-state index < -0.39 is 0 Å². The van der Waals surface area contributed by atoms with Crippen LogP contribution in [0, 0.1) is 5.41 Å². The van der Waals surface area contributed by atoms with Crippen molar-refractivity contribution in [3.8, 4) is 0 Å². The minimum absolute atomic E-state index is 0.252. The van der Waals surface area contributed by atoms with E-state index in [9.17, 15) is 0 Å². The summed E-state index contributed by atoms with van der Waals surface area (Å²) in [5, 5.41) is 0. The zero-order valence-corrected chi connectivity index (χ0v) is 9.52. The highest BCUT2D eigenvalue weighted by atomic mass is 14.3. The largest absolute Gasteiger partial charge is 0.0721 e. The number of fused-ring (bicyclic) bond motifs is 1. The van der Waals surface area contributed by atoms with Crippen molar-refractivity contribution >= 4 is 0 Å². The molecule has 0 spiro atoms. The van der Waals surface area contributed by atoms with Gasteiger partial charge in [-0.25, -0.2) is 0 Å². The van der Waals surface area contributed by atoms with Crippen LogP contribution < -0.4 is 0 Å². The van der Waals surface area contributed by atoms with Crippen LogP contribution in [0.15, 0.2) is 46.6 Å². The first-order chi connectivity index (χ1) is 6.51.